The van der Waals surface area contributed by atoms with Crippen molar-refractivity contribution in [3.8, 4) is 5.75 Å². The average molecular weight is 382 g/mol. The summed E-state index contributed by atoms with van der Waals surface area (Å²) >= 11 is 0. The molecule has 152 valence electrons. The Bertz CT molecular complexity index is 817. The van der Waals surface area contributed by atoms with Crippen LogP contribution in [0.4, 0.5) is 5.69 Å². The van der Waals surface area contributed by atoms with Crippen LogP contribution in [0.1, 0.15) is 70.7 Å². The summed E-state index contributed by atoms with van der Waals surface area (Å²) in [5.74, 6) is 0.981. The van der Waals surface area contributed by atoms with Crippen LogP contribution in [-0.4, -0.2) is 12.6 Å². The third-order valence-electron chi connectivity index (χ3n) is 5.39. The first-order valence-corrected chi connectivity index (χ1v) is 10.2. The number of hydrogen-bond acceptors (Lipinski definition) is 4. The van der Waals surface area contributed by atoms with Crippen LogP contribution in [-0.2, 0) is 10.8 Å². The molecule has 0 bridgehead atoms. The second-order valence-electron chi connectivity index (χ2n) is 9.97. The van der Waals surface area contributed by atoms with E-state index in [4.69, 9.17) is 10.5 Å². The fourth-order valence-electron chi connectivity index (χ4n) is 3.62. The highest BCUT2D eigenvalue weighted by molar-refractivity contribution is 5.44. The maximum Gasteiger partial charge on any atom is 0.123 e. The van der Waals surface area contributed by atoms with Gasteiger partial charge in [0.25, 0.3) is 0 Å². The molecule has 1 aliphatic heterocycles. The molecule has 0 aliphatic carbocycles. The monoisotopic (exact) mass is 381 g/mol. The first kappa shape index (κ1) is 20.7. The molecular formula is C24H35N3O. The molecule has 0 spiro atoms. The van der Waals surface area contributed by atoms with Gasteiger partial charge in [0, 0.05) is 11.7 Å². The van der Waals surface area contributed by atoms with Crippen molar-refractivity contribution < 1.29 is 4.74 Å². The summed E-state index contributed by atoms with van der Waals surface area (Å²) in [4.78, 5) is 0. The Labute approximate surface area is 169 Å². The van der Waals surface area contributed by atoms with Gasteiger partial charge in [0.1, 0.15) is 12.4 Å². The van der Waals surface area contributed by atoms with Gasteiger partial charge in [-0.05, 0) is 52.1 Å². The minimum absolute atomic E-state index is 0.0298. The molecule has 0 radical (unpaired) electrons. The van der Waals surface area contributed by atoms with E-state index in [9.17, 15) is 0 Å². The predicted molar refractivity (Wildman–Crippen MR) is 118 cm³/mol. The van der Waals surface area contributed by atoms with Gasteiger partial charge in [0.15, 0.2) is 0 Å². The van der Waals surface area contributed by atoms with Crippen molar-refractivity contribution in [2.75, 3.05) is 12.3 Å². The van der Waals surface area contributed by atoms with Crippen LogP contribution in [0.25, 0.3) is 0 Å². The first-order chi connectivity index (χ1) is 13.0. The Balaban J connectivity index is 1.69. The van der Waals surface area contributed by atoms with Gasteiger partial charge in [-0.25, -0.2) is 5.43 Å². The lowest BCUT2D eigenvalue weighted by Crippen LogP contribution is -2.35. The van der Waals surface area contributed by atoms with Crippen LogP contribution in [0.15, 0.2) is 42.5 Å². The second kappa shape index (κ2) is 7.76. The summed E-state index contributed by atoms with van der Waals surface area (Å²) in [6.45, 7) is 14.1. The zero-order chi connectivity index (χ0) is 20.5. The molecule has 0 amide bonds. The molecule has 4 N–H and O–H groups in total. The average Bonchev–Trinajstić information content (AvgIpc) is 3.07. The summed E-state index contributed by atoms with van der Waals surface area (Å²) in [6, 6.07) is 15.2. The van der Waals surface area contributed by atoms with Gasteiger partial charge < -0.3 is 10.5 Å². The molecule has 1 fully saturated rings. The Hall–Kier alpha value is -2.04. The number of ether oxygens (including phenoxy) is 1. The van der Waals surface area contributed by atoms with E-state index in [1.807, 2.05) is 18.2 Å². The Kier molecular flexibility index (Phi) is 5.74. The number of nitrogens with one attached hydrogen (secondary N) is 2. The van der Waals surface area contributed by atoms with Crippen LogP contribution < -0.4 is 21.3 Å². The van der Waals surface area contributed by atoms with E-state index in [0.29, 0.717) is 6.61 Å². The second-order valence-corrected chi connectivity index (χ2v) is 9.97. The molecule has 2 atom stereocenters. The zero-order valence-corrected chi connectivity index (χ0v) is 18.1. The molecular weight excluding hydrogens is 346 g/mol. The summed E-state index contributed by atoms with van der Waals surface area (Å²) in [7, 11) is 0. The van der Waals surface area contributed by atoms with Crippen molar-refractivity contribution in [2.24, 2.45) is 0 Å². The SMILES string of the molecule is CC(C)(C)c1ccc(OCC2CC(c3cccc(N)c3)NN2)c(C(C)(C)C)c1. The van der Waals surface area contributed by atoms with Gasteiger partial charge in [0.2, 0.25) is 0 Å². The molecule has 2 aromatic carbocycles. The van der Waals surface area contributed by atoms with E-state index in [0.717, 1.165) is 17.9 Å². The quantitative estimate of drug-likeness (QED) is 0.663. The highest BCUT2D eigenvalue weighted by Crippen LogP contribution is 2.36. The molecule has 2 unspecified atom stereocenters. The molecule has 4 nitrogen and oxygen atoms in total. The van der Waals surface area contributed by atoms with Crippen molar-refractivity contribution in [2.45, 2.75) is 70.9 Å². The first-order valence-electron chi connectivity index (χ1n) is 10.2. The molecule has 1 saturated heterocycles. The number of hydrazine groups is 1. The van der Waals surface area contributed by atoms with E-state index in [2.05, 4.69) is 76.7 Å². The Morgan fingerprint density at radius 1 is 0.964 bits per heavy atom. The van der Waals surface area contributed by atoms with Crippen LogP contribution >= 0.6 is 0 Å². The highest BCUT2D eigenvalue weighted by Gasteiger charge is 2.27. The minimum atomic E-state index is 0.0298. The fraction of sp³-hybridized carbons (Fsp3) is 0.500. The lowest BCUT2D eigenvalue weighted by Gasteiger charge is -2.27. The van der Waals surface area contributed by atoms with Crippen LogP contribution in [0.5, 0.6) is 5.75 Å². The molecule has 0 saturated carbocycles. The van der Waals surface area contributed by atoms with Crippen molar-refractivity contribution in [3.05, 3.63) is 59.2 Å². The van der Waals surface area contributed by atoms with E-state index < -0.39 is 0 Å². The third kappa shape index (κ3) is 4.86. The minimum Gasteiger partial charge on any atom is -0.492 e. The lowest BCUT2D eigenvalue weighted by molar-refractivity contribution is 0.266. The molecule has 2 aromatic rings. The van der Waals surface area contributed by atoms with Gasteiger partial charge >= 0.3 is 0 Å². The van der Waals surface area contributed by atoms with Crippen molar-refractivity contribution in [3.63, 3.8) is 0 Å². The summed E-state index contributed by atoms with van der Waals surface area (Å²) in [5, 5.41) is 0. The topological polar surface area (TPSA) is 59.3 Å². The number of hydrogen-bond donors (Lipinski definition) is 3. The van der Waals surface area contributed by atoms with E-state index in [1.54, 1.807) is 0 Å². The third-order valence-corrected chi connectivity index (χ3v) is 5.39. The van der Waals surface area contributed by atoms with Crippen LogP contribution in [0.2, 0.25) is 0 Å². The fourth-order valence-corrected chi connectivity index (χ4v) is 3.62. The van der Waals surface area contributed by atoms with Crippen molar-refractivity contribution in [1.29, 1.82) is 0 Å². The Morgan fingerprint density at radius 3 is 2.36 bits per heavy atom. The van der Waals surface area contributed by atoms with Crippen molar-refractivity contribution in [1.82, 2.24) is 10.9 Å². The normalized spacial score (nSPS) is 20.4. The molecule has 4 heteroatoms. The maximum atomic E-state index is 6.30. The van der Waals surface area contributed by atoms with Gasteiger partial charge in [-0.15, -0.1) is 0 Å². The number of anilines is 1. The number of benzene rings is 2. The number of rotatable bonds is 4. The molecule has 1 aliphatic rings. The van der Waals surface area contributed by atoms with E-state index in [-0.39, 0.29) is 22.9 Å². The van der Waals surface area contributed by atoms with E-state index >= 15 is 0 Å². The van der Waals surface area contributed by atoms with Gasteiger partial charge in [-0.3, -0.25) is 5.43 Å². The standard InChI is InChI=1S/C24H35N3O/c1-23(2,3)17-10-11-22(20(13-17)24(4,5)6)28-15-19-14-21(27-26-19)16-8-7-9-18(25)12-16/h7-13,19,21,26-27H,14-15,25H2,1-6H3. The Morgan fingerprint density at radius 2 is 1.71 bits per heavy atom. The van der Waals surface area contributed by atoms with Crippen molar-refractivity contribution >= 4 is 5.69 Å². The zero-order valence-electron chi connectivity index (χ0n) is 18.1. The number of nitrogens with two attached hydrogens (primary N) is 1. The molecule has 1 heterocycles. The molecule has 28 heavy (non-hydrogen) atoms. The smallest absolute Gasteiger partial charge is 0.123 e. The van der Waals surface area contributed by atoms with Gasteiger partial charge in [-0.2, -0.15) is 0 Å². The van der Waals surface area contributed by atoms with E-state index in [1.165, 1.54) is 16.7 Å². The van der Waals surface area contributed by atoms with Crippen LogP contribution in [0.3, 0.4) is 0 Å². The molecule has 3 rings (SSSR count). The lowest BCUT2D eigenvalue weighted by atomic mass is 9.80. The van der Waals surface area contributed by atoms with Crippen LogP contribution in [0, 0.1) is 0 Å². The molecule has 0 aromatic heterocycles. The summed E-state index contributed by atoms with van der Waals surface area (Å²) in [6.07, 6.45) is 0.967. The highest BCUT2D eigenvalue weighted by atomic mass is 16.5. The summed E-state index contributed by atoms with van der Waals surface area (Å²) in [5.41, 5.74) is 17.4. The van der Waals surface area contributed by atoms with Gasteiger partial charge in [-0.1, -0.05) is 65.8 Å². The van der Waals surface area contributed by atoms with Gasteiger partial charge in [0.05, 0.1) is 6.04 Å². The maximum absolute atomic E-state index is 6.30. The largest absolute Gasteiger partial charge is 0.492 e. The number of nitrogen functional groups attached to an aromatic ring is 1. The predicted octanol–water partition coefficient (Wildman–Crippen LogP) is 4.85. The summed E-state index contributed by atoms with van der Waals surface area (Å²) < 4.78 is 6.30.